The van der Waals surface area contributed by atoms with Crippen molar-refractivity contribution in [3.05, 3.63) is 108 Å². The van der Waals surface area contributed by atoms with Crippen molar-refractivity contribution in [2.45, 2.75) is 190 Å². The molecule has 3 unspecified atom stereocenters. The molecular formula is C74H93F9N18O12S3. The van der Waals surface area contributed by atoms with Crippen LogP contribution in [0.25, 0.3) is 0 Å². The van der Waals surface area contributed by atoms with Crippen LogP contribution < -0.4 is 55.9 Å². The highest BCUT2D eigenvalue weighted by Gasteiger charge is 2.46. The van der Waals surface area contributed by atoms with Crippen LogP contribution >= 0.6 is 0 Å². The molecule has 6 aromatic rings. The van der Waals surface area contributed by atoms with Gasteiger partial charge < -0.3 is 70.1 Å². The monoisotopic (exact) mass is 1690 g/mol. The summed E-state index contributed by atoms with van der Waals surface area (Å²) < 4.78 is 252. The van der Waals surface area contributed by atoms with E-state index in [9.17, 15) is 64.8 Å². The third-order valence-corrected chi connectivity index (χ3v) is 28.5. The van der Waals surface area contributed by atoms with E-state index in [1.807, 2.05) is 28.9 Å². The molecule has 0 radical (unpaired) electrons. The van der Waals surface area contributed by atoms with E-state index in [4.69, 9.17) is 28.4 Å². The van der Waals surface area contributed by atoms with Crippen LogP contribution in [-0.4, -0.2) is 251 Å². The quantitative estimate of drug-likeness (QED) is 0.0315. The smallest absolute Gasteiger partial charge is 0.423 e. The van der Waals surface area contributed by atoms with Crippen LogP contribution in [0.3, 0.4) is 0 Å². The molecule has 0 aliphatic carbocycles. The minimum atomic E-state index is -4.90. The summed E-state index contributed by atoms with van der Waals surface area (Å²) in [5.74, 6) is -1.52. The lowest BCUT2D eigenvalue weighted by atomic mass is 9.92. The normalized spacial score (nSPS) is 26.0. The van der Waals surface area contributed by atoms with Crippen molar-refractivity contribution in [1.29, 1.82) is 0 Å². The maximum atomic E-state index is 14.7. The van der Waals surface area contributed by atoms with Crippen molar-refractivity contribution in [1.82, 2.24) is 63.8 Å². The van der Waals surface area contributed by atoms with Crippen molar-refractivity contribution in [3.8, 4) is 17.6 Å². The van der Waals surface area contributed by atoms with Gasteiger partial charge in [0.15, 0.2) is 0 Å². The number of hydrogen-bond acceptors (Lipinski definition) is 27. The molecule has 4 aromatic heterocycles. The Kier molecular flexibility index (Phi) is 25.0. The number of sulfonamides is 3. The number of piperidine rings is 4. The van der Waals surface area contributed by atoms with Gasteiger partial charge >= 0.3 is 18.5 Å². The SMILES string of the molecule is C[C@@H]1CN(c2ccc(S(=O)(=O)N3CCC(Nc4ncc(C(F)(F)F)c(O[C@H]5CCOC5)n4)CC3)cn2)C[C@H](CC2OCC[C@@H]2Oc2nc(NC3CCN(S(=O)(=O)c4ccc(N5CCNC(C6OCC[C@@H]6Oc6nc(NC7CCN(S(=O)(=O)c8ccc([C@H]9CCCNC9)cc8)CC7)ncc6C(F)(F)F)C5)cc4)CC3)ncc2C(F)(F)F)N1. The van der Waals surface area contributed by atoms with Crippen LogP contribution in [0, 0.1) is 0 Å². The van der Waals surface area contributed by atoms with Gasteiger partial charge in [0.2, 0.25) is 65.6 Å². The molecule has 6 N–H and O–H groups in total. The maximum Gasteiger partial charge on any atom is 0.423 e. The van der Waals surface area contributed by atoms with E-state index < -0.39 is 126 Å². The second-order valence-corrected chi connectivity index (χ2v) is 36.6. The lowest BCUT2D eigenvalue weighted by molar-refractivity contribution is -0.141. The van der Waals surface area contributed by atoms with Gasteiger partial charge in [0.1, 0.15) is 51.8 Å². The summed E-state index contributed by atoms with van der Waals surface area (Å²) in [6.45, 7) is 7.37. The molecular weight excluding hydrogens is 1600 g/mol. The summed E-state index contributed by atoms with van der Waals surface area (Å²) in [6, 6.07) is 14.5. The molecule has 2 aromatic carbocycles. The predicted octanol–water partition coefficient (Wildman–Crippen LogP) is 7.75. The van der Waals surface area contributed by atoms with E-state index in [2.05, 4.69) is 66.8 Å². The number of pyridine rings is 1. The number of piperazine rings is 2. The van der Waals surface area contributed by atoms with Gasteiger partial charge in [-0.05, 0) is 131 Å². The number of nitrogens with zero attached hydrogens (tertiary/aromatic N) is 12. The Morgan fingerprint density at radius 1 is 0.509 bits per heavy atom. The van der Waals surface area contributed by atoms with Crippen LogP contribution in [0.1, 0.15) is 112 Å². The summed E-state index contributed by atoms with van der Waals surface area (Å²) in [4.78, 5) is 33.2. The average Bonchev–Trinajstić information content (AvgIpc) is 1.19. The Bertz CT molecular complexity index is 4720. The third kappa shape index (κ3) is 19.3. The van der Waals surface area contributed by atoms with Crippen LogP contribution in [0.4, 0.5) is 68.9 Å². The van der Waals surface area contributed by atoms with Crippen molar-refractivity contribution in [3.63, 3.8) is 0 Å². The highest BCUT2D eigenvalue weighted by Crippen LogP contribution is 2.42. The molecule has 42 heteroatoms. The minimum absolute atomic E-state index is 0.0281. The Morgan fingerprint density at radius 2 is 1.01 bits per heavy atom. The zero-order valence-corrected chi connectivity index (χ0v) is 65.9. The topological polar surface area (TPSA) is 336 Å². The van der Waals surface area contributed by atoms with Crippen LogP contribution in [0.15, 0.2) is 100 Å². The zero-order chi connectivity index (χ0) is 81.3. The molecule has 0 bridgehead atoms. The van der Waals surface area contributed by atoms with Gasteiger partial charge in [0, 0.05) is 158 Å². The van der Waals surface area contributed by atoms with Crippen molar-refractivity contribution in [2.75, 3.05) is 137 Å². The lowest BCUT2D eigenvalue weighted by Crippen LogP contribution is -2.58. The minimum Gasteiger partial charge on any atom is -0.471 e. The first-order valence-corrected chi connectivity index (χ1v) is 43.6. The Balaban J connectivity index is 0.512. The number of alkyl halides is 9. The molecule has 13 heterocycles. The van der Waals surface area contributed by atoms with Gasteiger partial charge in [-0.1, -0.05) is 12.1 Å². The van der Waals surface area contributed by atoms with E-state index in [1.165, 1.54) is 37.3 Å². The molecule has 0 amide bonds. The summed E-state index contributed by atoms with van der Waals surface area (Å²) >= 11 is 0. The lowest BCUT2D eigenvalue weighted by Gasteiger charge is -2.39. The predicted molar refractivity (Wildman–Crippen MR) is 404 cm³/mol. The van der Waals surface area contributed by atoms with Gasteiger partial charge in [0.25, 0.3) is 0 Å². The first-order valence-electron chi connectivity index (χ1n) is 39.2. The van der Waals surface area contributed by atoms with E-state index in [1.54, 1.807) is 30.3 Å². The van der Waals surface area contributed by atoms with Crippen molar-refractivity contribution < 1.29 is 93.2 Å². The summed E-state index contributed by atoms with van der Waals surface area (Å²) in [7, 11) is -11.9. The van der Waals surface area contributed by atoms with E-state index in [-0.39, 0.29) is 141 Å². The number of anilines is 5. The highest BCUT2D eigenvalue weighted by atomic mass is 32.2. The first kappa shape index (κ1) is 83.2. The summed E-state index contributed by atoms with van der Waals surface area (Å²) in [5.41, 5.74) is -1.72. The Morgan fingerprint density at radius 3 is 1.51 bits per heavy atom. The fourth-order valence-electron chi connectivity index (χ4n) is 16.6. The van der Waals surface area contributed by atoms with Crippen LogP contribution in [0.5, 0.6) is 17.6 Å². The zero-order valence-electron chi connectivity index (χ0n) is 63.4. The molecule has 15 rings (SSSR count). The molecule has 9 aliphatic rings. The van der Waals surface area contributed by atoms with Gasteiger partial charge in [-0.2, -0.15) is 67.4 Å². The average molecular weight is 1690 g/mol. The van der Waals surface area contributed by atoms with Crippen molar-refractivity contribution in [2.24, 2.45) is 0 Å². The summed E-state index contributed by atoms with van der Waals surface area (Å²) in [5, 5.41) is 19.6. The maximum absolute atomic E-state index is 14.7. The number of nitrogens with one attached hydrogen (secondary N) is 6. The van der Waals surface area contributed by atoms with Crippen LogP contribution in [-0.2, 0) is 62.8 Å². The second kappa shape index (κ2) is 34.8. The molecule has 9 aliphatic heterocycles. The number of halogens is 9. The van der Waals surface area contributed by atoms with E-state index in [0.29, 0.717) is 114 Å². The molecule has 9 fully saturated rings. The van der Waals surface area contributed by atoms with Crippen LogP contribution in [0.2, 0.25) is 0 Å². The van der Waals surface area contributed by atoms with Gasteiger partial charge in [-0.3, -0.25) is 0 Å². The largest absolute Gasteiger partial charge is 0.471 e. The molecule has 632 valence electrons. The van der Waals surface area contributed by atoms with Gasteiger partial charge in [0.05, 0.1) is 48.4 Å². The number of ether oxygens (including phenoxy) is 6. The van der Waals surface area contributed by atoms with Crippen molar-refractivity contribution >= 4 is 59.4 Å². The molecule has 0 spiro atoms. The summed E-state index contributed by atoms with van der Waals surface area (Å²) in [6.07, 6.45) is -9.90. The standard InChI is InChI=1S/C74H93F9N18O12S3/c1-45-41-98(64-13-12-56(37-86-64)116(106,107)101-29-18-50(19-30-101)91-69-87-38-57(72(75,76)77)66(94-69)111-53-20-32-108-44-53)42-51(90-45)35-63-61(21-33-109-63)112-67-58(73(78,79)80)39-88-70(95-67)92-48-16-27-100(28-17-48)115(104,105)55-10-6-52(7-11-55)97-31-24-85-60(43-97)65-62(22-34-110-65)113-68-59(74(81,82)83)40-89-71(96-68)93-49-14-25-99(26-15-49)114(102,103)54-8-4-46(5-9-54)47-3-2-23-84-36-47/h4-13,37-40,45,47-51,53,60-63,65,84-85,90H,2-3,14-36,41-44H2,1H3,(H,87,91,94)(H,88,92,95)(H,89,93,96)/t45-,47+,51+,53+,60?,61+,62+,63?,65?/m1/s1. The fraction of sp³-hybridized carbons (Fsp3) is 0.608. The van der Waals surface area contributed by atoms with Gasteiger partial charge in [-0.15, -0.1) is 0 Å². The molecule has 9 saturated heterocycles. The van der Waals surface area contributed by atoms with Gasteiger partial charge in [-0.25, -0.2) is 45.2 Å². The molecule has 30 nitrogen and oxygen atoms in total. The van der Waals surface area contributed by atoms with E-state index in [0.717, 1.165) is 31.5 Å². The molecule has 116 heavy (non-hydrogen) atoms. The number of hydrogen-bond donors (Lipinski definition) is 6. The molecule has 0 saturated carbocycles. The Hall–Kier alpha value is -7.91. The second-order valence-electron chi connectivity index (χ2n) is 30.8. The highest BCUT2D eigenvalue weighted by molar-refractivity contribution is 7.89. The number of rotatable bonds is 24. The fourth-order valence-corrected chi connectivity index (χ4v) is 21.0. The third-order valence-electron chi connectivity index (χ3n) is 22.8. The number of aromatic nitrogens is 7. The Labute approximate surface area is 665 Å². The molecule has 9 atom stereocenters. The first-order chi connectivity index (χ1) is 55.4. The van der Waals surface area contributed by atoms with E-state index >= 15 is 0 Å². The number of benzene rings is 2.